The molecule has 1 spiro atoms. The lowest BCUT2D eigenvalue weighted by Crippen LogP contribution is -2.58. The van der Waals surface area contributed by atoms with Crippen LogP contribution in [0.2, 0.25) is 0 Å². The monoisotopic (exact) mass is 509 g/mol. The molecule has 4 rings (SSSR count). The summed E-state index contributed by atoms with van der Waals surface area (Å²) in [5.74, 6) is -1.78. The van der Waals surface area contributed by atoms with Crippen LogP contribution >= 0.6 is 11.8 Å². The van der Waals surface area contributed by atoms with E-state index in [-0.39, 0.29) is 36.2 Å². The highest BCUT2D eigenvalue weighted by molar-refractivity contribution is 8.02. The van der Waals surface area contributed by atoms with Crippen molar-refractivity contribution in [1.29, 1.82) is 0 Å². The van der Waals surface area contributed by atoms with E-state index in [1.807, 2.05) is 6.92 Å². The normalized spacial score (nSPS) is 33.0. The van der Waals surface area contributed by atoms with Crippen LogP contribution in [0.1, 0.15) is 33.1 Å². The molecule has 0 radical (unpaired) electrons. The first-order valence-corrected chi connectivity index (χ1v) is 13.8. The van der Waals surface area contributed by atoms with Gasteiger partial charge in [0.25, 0.3) is 0 Å². The summed E-state index contributed by atoms with van der Waals surface area (Å²) in [6.45, 7) is 12.2. The van der Waals surface area contributed by atoms with E-state index in [0.29, 0.717) is 39.1 Å². The van der Waals surface area contributed by atoms with Gasteiger partial charge in [-0.2, -0.15) is 0 Å². The van der Waals surface area contributed by atoms with Crippen molar-refractivity contribution in [3.8, 4) is 0 Å². The van der Waals surface area contributed by atoms with Crippen LogP contribution in [0.15, 0.2) is 12.7 Å². The van der Waals surface area contributed by atoms with Crippen molar-refractivity contribution in [3.05, 3.63) is 12.7 Å². The molecular weight excluding hydrogens is 470 g/mol. The second-order valence-corrected chi connectivity index (χ2v) is 11.4. The van der Waals surface area contributed by atoms with Gasteiger partial charge in [0.05, 0.1) is 49.1 Å². The number of aliphatic hydroxyl groups is 1. The number of carbonyl (C=O) groups excluding carboxylic acids is 3. The van der Waals surface area contributed by atoms with Crippen LogP contribution in [0.5, 0.6) is 0 Å². The molecule has 0 aliphatic carbocycles. The van der Waals surface area contributed by atoms with Crippen LogP contribution < -0.4 is 0 Å². The van der Waals surface area contributed by atoms with E-state index < -0.39 is 28.7 Å². The van der Waals surface area contributed by atoms with Crippen LogP contribution in [0, 0.1) is 11.8 Å². The Kier molecular flexibility index (Phi) is 8.45. The SMILES string of the molecule is C=CCN(CCN1CCOCC1)C(=O)C1N([C@@H](CC)CO)C(=O)[C@@H]2[C@@H](C(=O)OCC)[C@H]3CCC12S3. The van der Waals surface area contributed by atoms with Gasteiger partial charge < -0.3 is 24.4 Å². The predicted octanol–water partition coefficient (Wildman–Crippen LogP) is 0.758. The number of hydrogen-bond donors (Lipinski definition) is 1. The number of hydrogen-bond acceptors (Lipinski definition) is 8. The summed E-state index contributed by atoms with van der Waals surface area (Å²) in [7, 11) is 0. The highest BCUT2D eigenvalue weighted by atomic mass is 32.2. The number of fused-ring (bicyclic) bond motifs is 1. The number of likely N-dealkylation sites (tertiary alicyclic amines) is 1. The highest BCUT2D eigenvalue weighted by Gasteiger charge is 2.74. The molecule has 6 atom stereocenters. The fourth-order valence-corrected chi connectivity index (χ4v) is 8.58. The molecule has 35 heavy (non-hydrogen) atoms. The average molecular weight is 510 g/mol. The molecule has 2 unspecified atom stereocenters. The molecule has 2 bridgehead atoms. The van der Waals surface area contributed by atoms with E-state index in [1.54, 1.807) is 34.6 Å². The Morgan fingerprint density at radius 3 is 2.74 bits per heavy atom. The van der Waals surface area contributed by atoms with Gasteiger partial charge in [0.2, 0.25) is 11.8 Å². The van der Waals surface area contributed by atoms with E-state index in [1.165, 1.54) is 0 Å². The Labute approximate surface area is 212 Å². The van der Waals surface area contributed by atoms with E-state index >= 15 is 0 Å². The minimum absolute atomic E-state index is 0.0177. The lowest BCUT2D eigenvalue weighted by Gasteiger charge is -2.40. The molecule has 0 saturated carbocycles. The van der Waals surface area contributed by atoms with Crippen molar-refractivity contribution in [2.45, 2.75) is 55.2 Å². The number of amides is 2. The molecule has 0 aromatic heterocycles. The number of thioether (sulfide) groups is 1. The van der Waals surface area contributed by atoms with E-state index in [9.17, 15) is 19.5 Å². The van der Waals surface area contributed by atoms with Crippen LogP contribution in [0.25, 0.3) is 0 Å². The first-order chi connectivity index (χ1) is 16.9. The summed E-state index contributed by atoms with van der Waals surface area (Å²) in [6, 6.07) is -1.18. The third-order valence-corrected chi connectivity index (χ3v) is 10.0. The Hall–Kier alpha value is -1.62. The fraction of sp³-hybridized carbons (Fsp3) is 0.800. The minimum atomic E-state index is -0.712. The van der Waals surface area contributed by atoms with Gasteiger partial charge in [-0.15, -0.1) is 18.3 Å². The molecule has 9 nitrogen and oxygen atoms in total. The summed E-state index contributed by atoms with van der Waals surface area (Å²) in [5.41, 5.74) is 0. The number of esters is 1. The first kappa shape index (κ1) is 26.4. The van der Waals surface area contributed by atoms with Crippen LogP contribution in [0.3, 0.4) is 0 Å². The van der Waals surface area contributed by atoms with Crippen molar-refractivity contribution in [1.82, 2.24) is 14.7 Å². The number of aliphatic hydroxyl groups excluding tert-OH is 1. The first-order valence-electron chi connectivity index (χ1n) is 12.9. The number of ether oxygens (including phenoxy) is 2. The number of carbonyl (C=O) groups is 3. The van der Waals surface area contributed by atoms with Crippen molar-refractivity contribution < 1.29 is 29.0 Å². The molecule has 4 saturated heterocycles. The maximum Gasteiger partial charge on any atom is 0.310 e. The van der Waals surface area contributed by atoms with Gasteiger partial charge >= 0.3 is 5.97 Å². The largest absolute Gasteiger partial charge is 0.466 e. The minimum Gasteiger partial charge on any atom is -0.466 e. The van der Waals surface area contributed by atoms with E-state index in [4.69, 9.17) is 9.47 Å². The quantitative estimate of drug-likeness (QED) is 0.322. The maximum atomic E-state index is 14.3. The molecule has 196 valence electrons. The fourth-order valence-electron chi connectivity index (χ4n) is 6.39. The summed E-state index contributed by atoms with van der Waals surface area (Å²) in [6.07, 6.45) is 3.73. The molecule has 2 amide bonds. The van der Waals surface area contributed by atoms with Crippen molar-refractivity contribution >= 4 is 29.5 Å². The average Bonchev–Trinajstić information content (AvgIpc) is 3.51. The zero-order valence-corrected chi connectivity index (χ0v) is 21.7. The third kappa shape index (κ3) is 4.63. The standard InChI is InChI=1S/C25H39N3O6S/c1-4-9-27(11-10-26-12-14-33-15-13-26)23(31)21-25-8-7-18(35-25)19(24(32)34-6-3)20(25)22(30)28(21)17(5-2)16-29/h4,17-21,29H,1,5-16H2,2-3H3/t17-,18+,19-,20-,21?,25?/m0/s1. The van der Waals surface area contributed by atoms with Gasteiger partial charge in [-0.05, 0) is 26.2 Å². The molecule has 0 aromatic carbocycles. The van der Waals surface area contributed by atoms with Crippen molar-refractivity contribution in [2.75, 3.05) is 59.2 Å². The van der Waals surface area contributed by atoms with Crippen LogP contribution in [-0.2, 0) is 23.9 Å². The second-order valence-electron chi connectivity index (χ2n) is 9.83. The van der Waals surface area contributed by atoms with Crippen LogP contribution in [-0.4, -0.2) is 119 Å². The van der Waals surface area contributed by atoms with Gasteiger partial charge in [0.1, 0.15) is 6.04 Å². The molecule has 4 aliphatic rings. The molecule has 1 N–H and O–H groups in total. The van der Waals surface area contributed by atoms with Crippen molar-refractivity contribution in [2.24, 2.45) is 11.8 Å². The van der Waals surface area contributed by atoms with E-state index in [0.717, 1.165) is 26.1 Å². The molecule has 4 heterocycles. The van der Waals surface area contributed by atoms with Crippen LogP contribution in [0.4, 0.5) is 0 Å². The summed E-state index contributed by atoms with van der Waals surface area (Å²) in [5, 5.41) is 10.1. The third-order valence-electron chi connectivity index (χ3n) is 8.06. The van der Waals surface area contributed by atoms with Gasteiger partial charge in [-0.25, -0.2) is 0 Å². The molecular formula is C25H39N3O6S. The number of morpholine rings is 1. The molecule has 10 heteroatoms. The topological polar surface area (TPSA) is 99.6 Å². The highest BCUT2D eigenvalue weighted by Crippen LogP contribution is 2.67. The van der Waals surface area contributed by atoms with Gasteiger partial charge in [0, 0.05) is 38.0 Å². The Morgan fingerprint density at radius 1 is 1.37 bits per heavy atom. The maximum absolute atomic E-state index is 14.3. The lowest BCUT2D eigenvalue weighted by molar-refractivity contribution is -0.154. The van der Waals surface area contributed by atoms with Crippen molar-refractivity contribution in [3.63, 3.8) is 0 Å². The second kappa shape index (κ2) is 11.2. The smallest absolute Gasteiger partial charge is 0.310 e. The predicted molar refractivity (Wildman–Crippen MR) is 133 cm³/mol. The van der Waals surface area contributed by atoms with Gasteiger partial charge in [0.15, 0.2) is 0 Å². The van der Waals surface area contributed by atoms with Gasteiger partial charge in [-0.3, -0.25) is 19.3 Å². The molecule has 4 aliphatic heterocycles. The Morgan fingerprint density at radius 2 is 2.11 bits per heavy atom. The summed E-state index contributed by atoms with van der Waals surface area (Å²) in [4.78, 5) is 46.8. The van der Waals surface area contributed by atoms with Gasteiger partial charge in [-0.1, -0.05) is 13.0 Å². The number of rotatable bonds is 11. The molecule has 4 fully saturated rings. The summed E-state index contributed by atoms with van der Waals surface area (Å²) < 4.78 is 10.1. The Bertz CT molecular complexity index is 817. The zero-order valence-electron chi connectivity index (χ0n) is 20.9. The number of nitrogens with zero attached hydrogens (tertiary/aromatic N) is 3. The Balaban J connectivity index is 1.65. The summed E-state index contributed by atoms with van der Waals surface area (Å²) >= 11 is 1.63. The van der Waals surface area contributed by atoms with E-state index in [2.05, 4.69) is 11.5 Å². The lowest BCUT2D eigenvalue weighted by atomic mass is 9.71. The molecule has 0 aromatic rings. The zero-order chi connectivity index (χ0) is 25.2.